The maximum absolute atomic E-state index is 12.6. The fourth-order valence-electron chi connectivity index (χ4n) is 3.42. The molecule has 4 rings (SSSR count). The second kappa shape index (κ2) is 11.6. The summed E-state index contributed by atoms with van der Waals surface area (Å²) in [5.74, 6) is 0.976. The maximum atomic E-state index is 12.6. The summed E-state index contributed by atoms with van der Waals surface area (Å²) >= 11 is 17.1. The molecule has 1 heterocycles. The maximum Gasteiger partial charge on any atom is 0.260 e. The van der Waals surface area contributed by atoms with E-state index in [2.05, 4.69) is 45.6 Å². The van der Waals surface area contributed by atoms with Gasteiger partial charge in [-0.05, 0) is 65.6 Å². The number of nitrogens with one attached hydrogen (secondary N) is 2. The van der Waals surface area contributed by atoms with Crippen LogP contribution >= 0.6 is 50.9 Å². The van der Waals surface area contributed by atoms with E-state index in [1.165, 1.54) is 17.3 Å². The van der Waals surface area contributed by atoms with Gasteiger partial charge in [-0.25, -0.2) is 0 Å². The van der Waals surface area contributed by atoms with Crippen LogP contribution in [0.25, 0.3) is 6.08 Å². The Morgan fingerprint density at radius 3 is 2.49 bits per heavy atom. The Morgan fingerprint density at radius 1 is 1.06 bits per heavy atom. The van der Waals surface area contributed by atoms with E-state index in [0.717, 1.165) is 27.7 Å². The molecular weight excluding hydrogens is 571 g/mol. The first kappa shape index (κ1) is 25.8. The fourth-order valence-corrected chi connectivity index (χ4v) is 5.15. The van der Waals surface area contributed by atoms with Crippen molar-refractivity contribution in [1.29, 1.82) is 0 Å². The molecule has 0 aliphatic carbocycles. The van der Waals surface area contributed by atoms with E-state index in [0.29, 0.717) is 33.1 Å². The number of amides is 1. The Balaban J connectivity index is 1.47. The zero-order chi connectivity index (χ0) is 24.9. The summed E-state index contributed by atoms with van der Waals surface area (Å²) in [6, 6.07) is 17.2. The van der Waals surface area contributed by atoms with Gasteiger partial charge in [-0.1, -0.05) is 76.0 Å². The first-order chi connectivity index (χ1) is 16.9. The topological polar surface area (TPSA) is 59.6 Å². The SMILES string of the molecule is CCc1ccc(N[C@@H]2NC(=O)/C(=C/c3cc(OC)c(OCc4ccc(Cl)c(Cl)c4)cc3Br)S2)cc1. The summed E-state index contributed by atoms with van der Waals surface area (Å²) in [6.45, 7) is 2.42. The standard InChI is InChI=1S/C26H23BrCl2N2O3S/c1-3-15-4-7-18(8-5-15)30-26-31-25(32)24(35-26)12-17-11-22(33-2)23(13-19(17)27)34-14-16-6-9-20(28)21(29)10-16/h4-13,26,30H,3,14H2,1-2H3,(H,31,32)/b24-12-/t26-/m1/s1. The molecular formula is C26H23BrCl2N2O3S. The Bertz CT molecular complexity index is 1270. The number of rotatable bonds is 8. The van der Waals surface area contributed by atoms with E-state index in [4.69, 9.17) is 32.7 Å². The van der Waals surface area contributed by atoms with Crippen molar-refractivity contribution in [2.75, 3.05) is 12.4 Å². The largest absolute Gasteiger partial charge is 0.493 e. The number of anilines is 1. The number of benzene rings is 3. The van der Waals surface area contributed by atoms with Crippen LogP contribution in [0.15, 0.2) is 64.0 Å². The van der Waals surface area contributed by atoms with Crippen molar-refractivity contribution < 1.29 is 14.3 Å². The van der Waals surface area contributed by atoms with E-state index < -0.39 is 0 Å². The normalized spacial score (nSPS) is 16.3. The number of carbonyl (C=O) groups is 1. The zero-order valence-electron chi connectivity index (χ0n) is 19.0. The number of carbonyl (C=O) groups excluding carboxylic acids is 1. The van der Waals surface area contributed by atoms with Crippen molar-refractivity contribution in [2.24, 2.45) is 0 Å². The van der Waals surface area contributed by atoms with Gasteiger partial charge in [-0.3, -0.25) is 4.79 Å². The predicted octanol–water partition coefficient (Wildman–Crippen LogP) is 7.51. The quantitative estimate of drug-likeness (QED) is 0.265. The van der Waals surface area contributed by atoms with Crippen LogP contribution < -0.4 is 20.1 Å². The molecule has 182 valence electrons. The van der Waals surface area contributed by atoms with Crippen molar-refractivity contribution >= 4 is 68.6 Å². The molecule has 35 heavy (non-hydrogen) atoms. The van der Waals surface area contributed by atoms with Gasteiger partial charge in [0, 0.05) is 10.2 Å². The molecule has 5 nitrogen and oxygen atoms in total. The molecule has 0 bridgehead atoms. The molecule has 1 saturated heterocycles. The minimum absolute atomic E-state index is 0.136. The number of methoxy groups -OCH3 is 1. The molecule has 3 aromatic carbocycles. The van der Waals surface area contributed by atoms with Crippen LogP contribution in [-0.2, 0) is 17.8 Å². The van der Waals surface area contributed by atoms with Gasteiger partial charge in [0.15, 0.2) is 17.0 Å². The van der Waals surface area contributed by atoms with Crippen LogP contribution in [0.4, 0.5) is 5.69 Å². The Hall–Kier alpha value is -2.32. The van der Waals surface area contributed by atoms with Gasteiger partial charge in [0.05, 0.1) is 22.1 Å². The van der Waals surface area contributed by atoms with E-state index in [9.17, 15) is 4.79 Å². The van der Waals surface area contributed by atoms with Crippen LogP contribution in [0.5, 0.6) is 11.5 Å². The van der Waals surface area contributed by atoms with Gasteiger partial charge in [-0.2, -0.15) is 0 Å². The average Bonchev–Trinajstić information content (AvgIpc) is 3.19. The second-order valence-corrected chi connectivity index (χ2v) is 10.6. The summed E-state index contributed by atoms with van der Waals surface area (Å²) in [5.41, 5.74) is 3.64. The number of thioether (sulfide) groups is 1. The van der Waals surface area contributed by atoms with Crippen molar-refractivity contribution in [2.45, 2.75) is 25.4 Å². The van der Waals surface area contributed by atoms with E-state index in [1.54, 1.807) is 19.2 Å². The number of aryl methyl sites for hydroxylation is 1. The predicted molar refractivity (Wildman–Crippen MR) is 148 cm³/mol. The summed E-state index contributed by atoms with van der Waals surface area (Å²) in [6.07, 6.45) is 2.82. The molecule has 0 saturated carbocycles. The highest BCUT2D eigenvalue weighted by molar-refractivity contribution is 9.10. The molecule has 1 aliphatic heterocycles. The zero-order valence-corrected chi connectivity index (χ0v) is 22.9. The lowest BCUT2D eigenvalue weighted by Gasteiger charge is -2.14. The number of ether oxygens (including phenoxy) is 2. The lowest BCUT2D eigenvalue weighted by molar-refractivity contribution is -0.116. The summed E-state index contributed by atoms with van der Waals surface area (Å²) in [7, 11) is 1.58. The number of hydrogen-bond acceptors (Lipinski definition) is 5. The Labute approximate surface area is 227 Å². The van der Waals surface area contributed by atoms with Gasteiger partial charge in [0.25, 0.3) is 5.91 Å². The van der Waals surface area contributed by atoms with Gasteiger partial charge in [0.1, 0.15) is 6.61 Å². The smallest absolute Gasteiger partial charge is 0.260 e. The monoisotopic (exact) mass is 592 g/mol. The van der Waals surface area contributed by atoms with Crippen LogP contribution in [0, 0.1) is 0 Å². The van der Waals surface area contributed by atoms with Crippen LogP contribution in [-0.4, -0.2) is 18.5 Å². The third kappa shape index (κ3) is 6.47. The van der Waals surface area contributed by atoms with Crippen molar-refractivity contribution in [1.82, 2.24) is 5.32 Å². The number of halogens is 3. The minimum atomic E-state index is -0.254. The second-order valence-electron chi connectivity index (χ2n) is 7.74. The van der Waals surface area contributed by atoms with E-state index >= 15 is 0 Å². The highest BCUT2D eigenvalue weighted by atomic mass is 79.9. The highest BCUT2D eigenvalue weighted by Gasteiger charge is 2.27. The highest BCUT2D eigenvalue weighted by Crippen LogP contribution is 2.38. The van der Waals surface area contributed by atoms with Crippen molar-refractivity contribution in [3.8, 4) is 11.5 Å². The van der Waals surface area contributed by atoms with Gasteiger partial charge >= 0.3 is 0 Å². The molecule has 1 atom stereocenters. The molecule has 0 unspecified atom stereocenters. The summed E-state index contributed by atoms with van der Waals surface area (Å²) in [5, 5.41) is 7.27. The third-order valence-electron chi connectivity index (χ3n) is 5.34. The van der Waals surface area contributed by atoms with Crippen LogP contribution in [0.1, 0.15) is 23.6 Å². The fraction of sp³-hybridized carbons (Fsp3) is 0.192. The molecule has 9 heteroatoms. The third-order valence-corrected chi connectivity index (χ3v) is 7.79. The molecule has 2 N–H and O–H groups in total. The Kier molecular flexibility index (Phi) is 8.55. The molecule has 1 aliphatic rings. The van der Waals surface area contributed by atoms with Gasteiger partial charge in [0.2, 0.25) is 0 Å². The van der Waals surface area contributed by atoms with Gasteiger partial charge < -0.3 is 20.1 Å². The first-order valence-corrected chi connectivity index (χ1v) is 13.3. The molecule has 0 radical (unpaired) electrons. The lowest BCUT2D eigenvalue weighted by Crippen LogP contribution is -2.30. The molecule has 3 aromatic rings. The van der Waals surface area contributed by atoms with E-state index in [1.807, 2.05) is 36.4 Å². The molecule has 1 amide bonds. The average molecular weight is 594 g/mol. The first-order valence-electron chi connectivity index (χ1n) is 10.8. The van der Waals surface area contributed by atoms with Crippen molar-refractivity contribution in [3.05, 3.63) is 90.7 Å². The minimum Gasteiger partial charge on any atom is -0.493 e. The number of hydrogen-bond donors (Lipinski definition) is 2. The van der Waals surface area contributed by atoms with Crippen LogP contribution in [0.3, 0.4) is 0 Å². The van der Waals surface area contributed by atoms with E-state index in [-0.39, 0.29) is 11.4 Å². The lowest BCUT2D eigenvalue weighted by atomic mass is 10.1. The molecule has 1 fully saturated rings. The van der Waals surface area contributed by atoms with Crippen LogP contribution in [0.2, 0.25) is 10.0 Å². The van der Waals surface area contributed by atoms with Gasteiger partial charge in [-0.15, -0.1) is 0 Å². The van der Waals surface area contributed by atoms with Crippen molar-refractivity contribution in [3.63, 3.8) is 0 Å². The summed E-state index contributed by atoms with van der Waals surface area (Å²) < 4.78 is 12.3. The molecule has 0 spiro atoms. The Morgan fingerprint density at radius 2 is 1.80 bits per heavy atom. The molecule has 0 aromatic heterocycles. The summed E-state index contributed by atoms with van der Waals surface area (Å²) in [4.78, 5) is 13.2.